The molecule has 0 saturated carbocycles. The highest BCUT2D eigenvalue weighted by Crippen LogP contribution is 2.40. The molecular weight excluding hydrogens is 492 g/mol. The van der Waals surface area contributed by atoms with Gasteiger partial charge >= 0.3 is 0 Å². The van der Waals surface area contributed by atoms with Gasteiger partial charge in [-0.05, 0) is 54.6 Å². The predicted octanol–water partition coefficient (Wildman–Crippen LogP) is 7.37. The fourth-order valence-corrected chi connectivity index (χ4v) is 5.78. The highest BCUT2D eigenvalue weighted by atomic mass is 15.0. The number of nitriles is 4. The summed E-state index contributed by atoms with van der Waals surface area (Å²) in [4.78, 5) is 0. The van der Waals surface area contributed by atoms with Gasteiger partial charge in [0.25, 0.3) is 0 Å². The molecular formula is C34H16N6. The van der Waals surface area contributed by atoms with Crippen LogP contribution in [0.1, 0.15) is 22.3 Å². The number of rotatable bonds is 2. The number of hydrogen-bond donors (Lipinski definition) is 0. The molecule has 0 amide bonds. The van der Waals surface area contributed by atoms with E-state index in [2.05, 4.69) is 53.1 Å². The summed E-state index contributed by atoms with van der Waals surface area (Å²) >= 11 is 0. The first-order valence-electron chi connectivity index (χ1n) is 12.5. The van der Waals surface area contributed by atoms with E-state index >= 15 is 0 Å². The minimum Gasteiger partial charge on any atom is -0.309 e. The molecule has 2 heterocycles. The molecule has 6 nitrogen and oxygen atoms in total. The zero-order valence-electron chi connectivity index (χ0n) is 20.9. The summed E-state index contributed by atoms with van der Waals surface area (Å²) in [5.74, 6) is 0. The topological polar surface area (TPSA) is 105 Å². The SMILES string of the molecule is N#Cc1cc(C#N)cc(-n2c3ccccc3c3cc4c5ccccc5n(-c5c(C#N)cccc5C#N)c4cc32)c1. The molecule has 0 aliphatic carbocycles. The van der Waals surface area contributed by atoms with Crippen LogP contribution in [-0.4, -0.2) is 9.13 Å². The van der Waals surface area contributed by atoms with Gasteiger partial charge in [0.05, 0.1) is 62.1 Å². The highest BCUT2D eigenvalue weighted by Gasteiger charge is 2.21. The smallest absolute Gasteiger partial charge is 0.101 e. The number of aromatic nitrogens is 2. The van der Waals surface area contributed by atoms with Gasteiger partial charge in [-0.25, -0.2) is 0 Å². The molecule has 0 aliphatic rings. The third kappa shape index (κ3) is 3.12. The Kier molecular flexibility index (Phi) is 4.91. The van der Waals surface area contributed by atoms with E-state index < -0.39 is 0 Å². The van der Waals surface area contributed by atoms with Crippen molar-refractivity contribution in [1.82, 2.24) is 9.13 Å². The van der Waals surface area contributed by atoms with Crippen LogP contribution in [0, 0.1) is 45.3 Å². The average Bonchev–Trinajstić information content (AvgIpc) is 3.51. The van der Waals surface area contributed by atoms with Crippen molar-refractivity contribution in [3.63, 3.8) is 0 Å². The third-order valence-corrected chi connectivity index (χ3v) is 7.40. The second-order valence-corrected chi connectivity index (χ2v) is 9.51. The molecule has 0 radical (unpaired) electrons. The van der Waals surface area contributed by atoms with E-state index in [1.807, 2.05) is 41.0 Å². The highest BCUT2D eigenvalue weighted by molar-refractivity contribution is 6.19. The number of fused-ring (bicyclic) bond motifs is 6. The molecule has 0 saturated heterocycles. The van der Waals surface area contributed by atoms with Crippen molar-refractivity contribution < 1.29 is 0 Å². The Balaban J connectivity index is 1.71. The van der Waals surface area contributed by atoms with Gasteiger partial charge in [0, 0.05) is 27.2 Å². The van der Waals surface area contributed by atoms with E-state index in [9.17, 15) is 21.0 Å². The maximum Gasteiger partial charge on any atom is 0.101 e. The summed E-state index contributed by atoms with van der Waals surface area (Å²) in [7, 11) is 0. The van der Waals surface area contributed by atoms with Crippen molar-refractivity contribution >= 4 is 43.6 Å². The summed E-state index contributed by atoms with van der Waals surface area (Å²) in [5, 5.41) is 43.4. The molecule has 6 heteroatoms. The lowest BCUT2D eigenvalue weighted by atomic mass is 10.1. The van der Waals surface area contributed by atoms with Crippen LogP contribution in [0.15, 0.2) is 97.1 Å². The minimum atomic E-state index is 0.400. The number of hydrogen-bond acceptors (Lipinski definition) is 4. The van der Waals surface area contributed by atoms with Gasteiger partial charge in [-0.2, -0.15) is 21.0 Å². The number of nitrogens with zero attached hydrogens (tertiary/aromatic N) is 6. The Morgan fingerprint density at radius 3 is 1.50 bits per heavy atom. The second kappa shape index (κ2) is 8.61. The third-order valence-electron chi connectivity index (χ3n) is 7.40. The minimum absolute atomic E-state index is 0.400. The first-order valence-corrected chi connectivity index (χ1v) is 12.5. The monoisotopic (exact) mass is 508 g/mol. The van der Waals surface area contributed by atoms with Crippen LogP contribution >= 0.6 is 0 Å². The largest absolute Gasteiger partial charge is 0.309 e. The van der Waals surface area contributed by atoms with Gasteiger partial charge in [-0.15, -0.1) is 0 Å². The standard InChI is InChI=1S/C34H16N6/c35-17-21-12-22(18-36)14-25(13-21)39-30-10-3-1-8-26(30)28-15-29-27-9-2-4-11-31(27)40(33(29)16-32(28)39)34-23(19-37)6-5-7-24(34)20-38/h1-16H. The molecule has 0 fully saturated rings. The molecule has 0 unspecified atom stereocenters. The molecule has 40 heavy (non-hydrogen) atoms. The molecule has 0 spiro atoms. The fraction of sp³-hybridized carbons (Fsp3) is 0. The maximum absolute atomic E-state index is 10.0. The molecule has 182 valence electrons. The lowest BCUT2D eigenvalue weighted by Gasteiger charge is -2.13. The fourth-order valence-electron chi connectivity index (χ4n) is 5.78. The zero-order chi connectivity index (χ0) is 27.4. The van der Waals surface area contributed by atoms with Gasteiger partial charge in [-0.1, -0.05) is 42.5 Å². The second-order valence-electron chi connectivity index (χ2n) is 9.51. The van der Waals surface area contributed by atoms with Gasteiger partial charge in [0.2, 0.25) is 0 Å². The van der Waals surface area contributed by atoms with E-state index in [0.717, 1.165) is 43.6 Å². The maximum atomic E-state index is 10.0. The van der Waals surface area contributed by atoms with Gasteiger partial charge < -0.3 is 9.13 Å². The predicted molar refractivity (Wildman–Crippen MR) is 154 cm³/mol. The molecule has 2 aromatic heterocycles. The molecule has 7 rings (SSSR count). The Hall–Kier alpha value is -6.34. The van der Waals surface area contributed by atoms with Crippen molar-refractivity contribution in [2.75, 3.05) is 0 Å². The normalized spacial score (nSPS) is 10.9. The number of para-hydroxylation sites is 3. The van der Waals surface area contributed by atoms with Crippen molar-refractivity contribution in [3.05, 3.63) is 119 Å². The molecule has 5 aromatic carbocycles. The van der Waals surface area contributed by atoms with Gasteiger partial charge in [0.15, 0.2) is 0 Å². The molecule has 0 aliphatic heterocycles. The first kappa shape index (κ1) is 22.8. The van der Waals surface area contributed by atoms with Crippen molar-refractivity contribution in [2.45, 2.75) is 0 Å². The molecule has 0 bridgehead atoms. The van der Waals surface area contributed by atoms with E-state index in [0.29, 0.717) is 33.6 Å². The Morgan fingerprint density at radius 1 is 0.425 bits per heavy atom. The van der Waals surface area contributed by atoms with Crippen LogP contribution in [0.3, 0.4) is 0 Å². The van der Waals surface area contributed by atoms with Gasteiger partial charge in [-0.3, -0.25) is 0 Å². The van der Waals surface area contributed by atoms with Crippen LogP contribution in [0.25, 0.3) is 55.0 Å². The summed E-state index contributed by atoms with van der Waals surface area (Å²) in [6, 6.07) is 39.5. The number of benzene rings is 5. The van der Waals surface area contributed by atoms with Crippen molar-refractivity contribution in [1.29, 1.82) is 21.0 Å². The Labute approximate surface area is 228 Å². The van der Waals surface area contributed by atoms with Gasteiger partial charge in [0.1, 0.15) is 12.1 Å². The van der Waals surface area contributed by atoms with E-state index in [1.165, 1.54) is 0 Å². The van der Waals surface area contributed by atoms with Crippen LogP contribution < -0.4 is 0 Å². The lowest BCUT2D eigenvalue weighted by molar-refractivity contribution is 1.15. The van der Waals surface area contributed by atoms with E-state index in [-0.39, 0.29) is 0 Å². The summed E-state index contributed by atoms with van der Waals surface area (Å²) in [5.41, 5.74) is 6.41. The summed E-state index contributed by atoms with van der Waals surface area (Å²) < 4.78 is 4.06. The molecule has 7 aromatic rings. The van der Waals surface area contributed by atoms with E-state index in [1.54, 1.807) is 36.4 Å². The Bertz CT molecular complexity index is 2310. The van der Waals surface area contributed by atoms with Crippen LogP contribution in [0.5, 0.6) is 0 Å². The zero-order valence-corrected chi connectivity index (χ0v) is 20.9. The Morgan fingerprint density at radius 2 is 0.950 bits per heavy atom. The van der Waals surface area contributed by atoms with Crippen LogP contribution in [0.2, 0.25) is 0 Å². The first-order chi connectivity index (χ1) is 19.7. The molecule has 0 N–H and O–H groups in total. The van der Waals surface area contributed by atoms with Crippen LogP contribution in [-0.2, 0) is 0 Å². The summed E-state index contributed by atoms with van der Waals surface area (Å²) in [6.07, 6.45) is 0. The summed E-state index contributed by atoms with van der Waals surface area (Å²) in [6.45, 7) is 0. The van der Waals surface area contributed by atoms with Crippen molar-refractivity contribution in [2.24, 2.45) is 0 Å². The van der Waals surface area contributed by atoms with Crippen LogP contribution in [0.4, 0.5) is 0 Å². The van der Waals surface area contributed by atoms with Crippen molar-refractivity contribution in [3.8, 4) is 35.7 Å². The average molecular weight is 509 g/mol. The lowest BCUT2D eigenvalue weighted by Crippen LogP contribution is -2.01. The quantitative estimate of drug-likeness (QED) is 0.243. The molecule has 0 atom stereocenters. The van der Waals surface area contributed by atoms with E-state index in [4.69, 9.17) is 0 Å².